The molecule has 4 nitrogen and oxygen atoms in total. The highest BCUT2D eigenvalue weighted by Gasteiger charge is 2.25. The Bertz CT molecular complexity index is 416. The number of thiazole rings is 1. The van der Waals surface area contributed by atoms with Gasteiger partial charge in [0.25, 0.3) is 0 Å². The number of piperidine rings is 1. The number of nitrogens with one attached hydrogen (secondary N) is 1. The van der Waals surface area contributed by atoms with Crippen LogP contribution in [0.3, 0.4) is 0 Å². The summed E-state index contributed by atoms with van der Waals surface area (Å²) in [5, 5.41) is 5.44. The molecule has 2 heterocycles. The molecule has 1 unspecified atom stereocenters. The van der Waals surface area contributed by atoms with Gasteiger partial charge >= 0.3 is 0 Å². The lowest BCUT2D eigenvalue weighted by molar-refractivity contribution is -0.121. The monoisotopic (exact) mass is 265 g/mol. The van der Waals surface area contributed by atoms with Crippen LogP contribution in [0.25, 0.3) is 0 Å². The van der Waals surface area contributed by atoms with Crippen molar-refractivity contribution in [3.8, 4) is 0 Å². The van der Waals surface area contributed by atoms with Crippen LogP contribution in [0, 0.1) is 5.92 Å². The van der Waals surface area contributed by atoms with Gasteiger partial charge in [-0.3, -0.25) is 9.69 Å². The van der Waals surface area contributed by atoms with E-state index in [0.29, 0.717) is 5.13 Å². The van der Waals surface area contributed by atoms with Crippen molar-refractivity contribution in [2.24, 2.45) is 5.92 Å². The third-order valence-electron chi connectivity index (χ3n) is 3.03. The number of amides is 1. The van der Waals surface area contributed by atoms with Crippen molar-refractivity contribution in [1.29, 1.82) is 0 Å². The first-order chi connectivity index (χ1) is 8.65. The molecule has 1 aromatic rings. The molecule has 2 rings (SSSR count). The maximum absolute atomic E-state index is 12.1. The zero-order chi connectivity index (χ0) is 13.0. The third-order valence-corrected chi connectivity index (χ3v) is 3.72. The molecule has 18 heavy (non-hydrogen) atoms. The Labute approximate surface area is 112 Å². The molecule has 1 N–H and O–H groups in total. The van der Waals surface area contributed by atoms with E-state index in [0.717, 1.165) is 38.0 Å². The van der Waals surface area contributed by atoms with Crippen molar-refractivity contribution in [2.75, 3.05) is 25.0 Å². The van der Waals surface area contributed by atoms with Crippen LogP contribution in [-0.2, 0) is 4.79 Å². The topological polar surface area (TPSA) is 45.2 Å². The van der Waals surface area contributed by atoms with Gasteiger partial charge < -0.3 is 5.32 Å². The van der Waals surface area contributed by atoms with Gasteiger partial charge in [-0.2, -0.15) is 0 Å². The predicted octanol–water partition coefficient (Wildman–Crippen LogP) is 2.37. The zero-order valence-corrected chi connectivity index (χ0v) is 11.5. The first kappa shape index (κ1) is 13.2. The molecule has 0 aliphatic carbocycles. The first-order valence-corrected chi connectivity index (χ1v) is 7.10. The van der Waals surface area contributed by atoms with Gasteiger partial charge in [-0.15, -0.1) is 11.3 Å². The van der Waals surface area contributed by atoms with E-state index < -0.39 is 0 Å². The SMILES string of the molecule is C=C(C)CN1CCCC(C(=O)Nc2nccs2)C1. The second-order valence-electron chi connectivity index (χ2n) is 4.86. The molecule has 0 saturated carbocycles. The Balaban J connectivity index is 1.88. The van der Waals surface area contributed by atoms with Crippen LogP contribution < -0.4 is 5.32 Å². The van der Waals surface area contributed by atoms with Crippen molar-refractivity contribution < 1.29 is 4.79 Å². The van der Waals surface area contributed by atoms with Crippen LogP contribution in [0.15, 0.2) is 23.7 Å². The minimum absolute atomic E-state index is 0.0713. The lowest BCUT2D eigenvalue weighted by atomic mass is 9.97. The number of hydrogen-bond acceptors (Lipinski definition) is 4. The lowest BCUT2D eigenvalue weighted by Crippen LogP contribution is -2.41. The van der Waals surface area contributed by atoms with Crippen LogP contribution in [-0.4, -0.2) is 35.4 Å². The number of carbonyl (C=O) groups excluding carboxylic acids is 1. The highest BCUT2D eigenvalue weighted by atomic mass is 32.1. The molecule has 1 aliphatic heterocycles. The molecule has 1 fully saturated rings. The molecular weight excluding hydrogens is 246 g/mol. The summed E-state index contributed by atoms with van der Waals surface area (Å²) in [6, 6.07) is 0. The fourth-order valence-electron chi connectivity index (χ4n) is 2.29. The van der Waals surface area contributed by atoms with Gasteiger partial charge in [-0.1, -0.05) is 12.2 Å². The number of hydrogen-bond donors (Lipinski definition) is 1. The molecule has 0 radical (unpaired) electrons. The summed E-state index contributed by atoms with van der Waals surface area (Å²) in [4.78, 5) is 18.5. The number of aromatic nitrogens is 1. The molecule has 0 bridgehead atoms. The number of nitrogens with zero attached hydrogens (tertiary/aromatic N) is 2. The van der Waals surface area contributed by atoms with Gasteiger partial charge in [0.1, 0.15) is 0 Å². The van der Waals surface area contributed by atoms with Crippen molar-refractivity contribution in [2.45, 2.75) is 19.8 Å². The fourth-order valence-corrected chi connectivity index (χ4v) is 2.82. The van der Waals surface area contributed by atoms with Crippen LogP contribution in [0.2, 0.25) is 0 Å². The first-order valence-electron chi connectivity index (χ1n) is 6.22. The van der Waals surface area contributed by atoms with Crippen LogP contribution in [0.5, 0.6) is 0 Å². The van der Waals surface area contributed by atoms with Gasteiger partial charge in [0.05, 0.1) is 5.92 Å². The van der Waals surface area contributed by atoms with Crippen molar-refractivity contribution in [1.82, 2.24) is 9.88 Å². The molecule has 98 valence electrons. The summed E-state index contributed by atoms with van der Waals surface area (Å²) in [5.41, 5.74) is 1.15. The van der Waals surface area contributed by atoms with Crippen molar-refractivity contribution in [3.63, 3.8) is 0 Å². The summed E-state index contributed by atoms with van der Waals surface area (Å²) in [6.07, 6.45) is 3.74. The largest absolute Gasteiger partial charge is 0.302 e. The molecule has 1 aliphatic rings. The summed E-state index contributed by atoms with van der Waals surface area (Å²) >= 11 is 1.46. The highest BCUT2D eigenvalue weighted by molar-refractivity contribution is 7.13. The molecular formula is C13H19N3OS. The van der Waals surface area contributed by atoms with E-state index in [4.69, 9.17) is 0 Å². The summed E-state index contributed by atoms with van der Waals surface area (Å²) in [7, 11) is 0. The van der Waals surface area contributed by atoms with Gasteiger partial charge in [-0.05, 0) is 26.3 Å². The average Bonchev–Trinajstić information content (AvgIpc) is 2.81. The molecule has 1 atom stereocenters. The van der Waals surface area contributed by atoms with Gasteiger partial charge in [0.2, 0.25) is 5.91 Å². The summed E-state index contributed by atoms with van der Waals surface area (Å²) in [6.45, 7) is 8.73. The van der Waals surface area contributed by atoms with E-state index in [1.54, 1.807) is 6.20 Å². The lowest BCUT2D eigenvalue weighted by Gasteiger charge is -2.31. The number of likely N-dealkylation sites (tertiary alicyclic amines) is 1. The molecule has 5 heteroatoms. The predicted molar refractivity (Wildman–Crippen MR) is 74.7 cm³/mol. The highest BCUT2D eigenvalue weighted by Crippen LogP contribution is 2.20. The quantitative estimate of drug-likeness (QED) is 0.850. The van der Waals surface area contributed by atoms with Crippen molar-refractivity contribution >= 4 is 22.4 Å². The average molecular weight is 265 g/mol. The van der Waals surface area contributed by atoms with Gasteiger partial charge in [0, 0.05) is 24.7 Å². The Morgan fingerprint density at radius 1 is 1.72 bits per heavy atom. The maximum atomic E-state index is 12.1. The van der Waals surface area contributed by atoms with Gasteiger partial charge in [0.15, 0.2) is 5.13 Å². The number of anilines is 1. The standard InChI is InChI=1S/C13H19N3OS/c1-10(2)8-16-6-3-4-11(9-16)12(17)15-13-14-5-7-18-13/h5,7,11H,1,3-4,6,8-9H2,2H3,(H,14,15,17). The van der Waals surface area contributed by atoms with E-state index in [-0.39, 0.29) is 11.8 Å². The Morgan fingerprint density at radius 3 is 3.22 bits per heavy atom. The number of carbonyl (C=O) groups is 1. The van der Waals surface area contributed by atoms with E-state index in [2.05, 4.69) is 21.8 Å². The Morgan fingerprint density at radius 2 is 2.56 bits per heavy atom. The molecule has 1 saturated heterocycles. The smallest absolute Gasteiger partial charge is 0.230 e. The Hall–Kier alpha value is -1.20. The van der Waals surface area contributed by atoms with Crippen molar-refractivity contribution in [3.05, 3.63) is 23.7 Å². The normalized spacial score (nSPS) is 20.6. The van der Waals surface area contributed by atoms with Crippen LogP contribution in [0.1, 0.15) is 19.8 Å². The van der Waals surface area contributed by atoms with Crippen LogP contribution in [0.4, 0.5) is 5.13 Å². The number of rotatable bonds is 4. The molecule has 0 spiro atoms. The summed E-state index contributed by atoms with van der Waals surface area (Å²) < 4.78 is 0. The third kappa shape index (κ3) is 3.65. The fraction of sp³-hybridized carbons (Fsp3) is 0.538. The molecule has 1 amide bonds. The second-order valence-corrected chi connectivity index (χ2v) is 5.75. The Kier molecular flexibility index (Phi) is 4.49. The van der Waals surface area contributed by atoms with E-state index in [9.17, 15) is 4.79 Å². The van der Waals surface area contributed by atoms with E-state index in [1.165, 1.54) is 11.3 Å². The van der Waals surface area contributed by atoms with E-state index >= 15 is 0 Å². The summed E-state index contributed by atoms with van der Waals surface area (Å²) in [5.74, 6) is 0.165. The minimum atomic E-state index is 0.0713. The van der Waals surface area contributed by atoms with Gasteiger partial charge in [-0.25, -0.2) is 4.98 Å². The zero-order valence-electron chi connectivity index (χ0n) is 10.7. The van der Waals surface area contributed by atoms with E-state index in [1.807, 2.05) is 12.3 Å². The molecule has 1 aromatic heterocycles. The second kappa shape index (κ2) is 6.11. The maximum Gasteiger partial charge on any atom is 0.230 e. The molecule has 0 aromatic carbocycles. The van der Waals surface area contributed by atoms with Crippen LogP contribution >= 0.6 is 11.3 Å². The minimum Gasteiger partial charge on any atom is -0.302 e.